The number of hydrogen-bond acceptors (Lipinski definition) is 5. The summed E-state index contributed by atoms with van der Waals surface area (Å²) in [4.78, 5) is 17.0. The Morgan fingerprint density at radius 1 is 1.12 bits per heavy atom. The molecule has 0 radical (unpaired) electrons. The summed E-state index contributed by atoms with van der Waals surface area (Å²) >= 11 is 0. The van der Waals surface area contributed by atoms with Gasteiger partial charge in [-0.2, -0.15) is 0 Å². The first-order valence-corrected chi connectivity index (χ1v) is 12.1. The molecule has 6 nitrogen and oxygen atoms in total. The molecule has 1 amide bonds. The average molecular weight is 450 g/mol. The van der Waals surface area contributed by atoms with E-state index in [1.807, 2.05) is 20.8 Å². The number of ether oxygens (including phenoxy) is 2. The second-order valence-electron chi connectivity index (χ2n) is 10.5. The van der Waals surface area contributed by atoms with Crippen molar-refractivity contribution in [3.63, 3.8) is 0 Å². The first-order valence-electron chi connectivity index (χ1n) is 12.1. The molecule has 33 heavy (non-hydrogen) atoms. The van der Waals surface area contributed by atoms with Crippen molar-refractivity contribution >= 4 is 11.8 Å². The molecular weight excluding hydrogens is 414 g/mol. The molecule has 2 fully saturated rings. The molecule has 0 bridgehead atoms. The fourth-order valence-electron chi connectivity index (χ4n) is 5.05. The minimum atomic E-state index is -0.479. The van der Waals surface area contributed by atoms with Crippen molar-refractivity contribution < 1.29 is 14.3 Å². The molecule has 3 heterocycles. The predicted octanol–water partition coefficient (Wildman–Crippen LogP) is 4.19. The summed E-state index contributed by atoms with van der Waals surface area (Å²) in [5.74, 6) is 1.42. The molecule has 2 aromatic rings. The lowest BCUT2D eigenvalue weighted by Crippen LogP contribution is -2.60. The Hall–Kier alpha value is -2.73. The number of rotatable bonds is 5. The standard InChI is InChI=1S/C27H35N3O3/c1-27(2,3)33-26(31)28-20-16-30(17-20)21-10-11-25-23(15-21)22(14-19-8-5-4-6-9-19)24(18-32-25)29-12-7-13-29/h4-6,8-11,15,20,22,24H,7,12-14,16-18H2,1-3H3,(H,28,31). The lowest BCUT2D eigenvalue weighted by molar-refractivity contribution is 0.0495. The summed E-state index contributed by atoms with van der Waals surface area (Å²) in [6, 6.07) is 17.9. The molecule has 6 heteroatoms. The van der Waals surface area contributed by atoms with Crippen LogP contribution in [0, 0.1) is 0 Å². The summed E-state index contributed by atoms with van der Waals surface area (Å²) < 4.78 is 11.6. The minimum absolute atomic E-state index is 0.112. The van der Waals surface area contributed by atoms with Crippen molar-refractivity contribution in [3.8, 4) is 5.75 Å². The number of benzene rings is 2. The summed E-state index contributed by atoms with van der Waals surface area (Å²) in [6.07, 6.45) is 1.96. The largest absolute Gasteiger partial charge is 0.492 e. The topological polar surface area (TPSA) is 54.0 Å². The molecule has 2 saturated heterocycles. The highest BCUT2D eigenvalue weighted by Crippen LogP contribution is 2.41. The van der Waals surface area contributed by atoms with Gasteiger partial charge >= 0.3 is 6.09 Å². The van der Waals surface area contributed by atoms with E-state index in [2.05, 4.69) is 63.6 Å². The van der Waals surface area contributed by atoms with Crippen molar-refractivity contribution in [1.82, 2.24) is 10.2 Å². The smallest absolute Gasteiger partial charge is 0.407 e. The predicted molar refractivity (Wildman–Crippen MR) is 130 cm³/mol. The van der Waals surface area contributed by atoms with E-state index in [1.165, 1.54) is 36.3 Å². The summed E-state index contributed by atoms with van der Waals surface area (Å²) in [7, 11) is 0. The van der Waals surface area contributed by atoms with Crippen LogP contribution in [-0.4, -0.2) is 61.5 Å². The molecule has 0 aliphatic carbocycles. The van der Waals surface area contributed by atoms with Crippen molar-refractivity contribution in [2.75, 3.05) is 37.7 Å². The van der Waals surface area contributed by atoms with Crippen molar-refractivity contribution in [2.24, 2.45) is 0 Å². The van der Waals surface area contributed by atoms with E-state index in [1.54, 1.807) is 0 Å². The maximum atomic E-state index is 12.1. The second-order valence-corrected chi connectivity index (χ2v) is 10.5. The van der Waals surface area contributed by atoms with Crippen LogP contribution in [0.3, 0.4) is 0 Å². The van der Waals surface area contributed by atoms with Gasteiger partial charge in [0.05, 0.1) is 12.1 Å². The first-order chi connectivity index (χ1) is 15.9. The Morgan fingerprint density at radius 3 is 2.55 bits per heavy atom. The lowest BCUT2D eigenvalue weighted by atomic mass is 9.82. The Bertz CT molecular complexity index is 978. The molecule has 0 aromatic heterocycles. The zero-order chi connectivity index (χ0) is 23.0. The van der Waals surface area contributed by atoms with Crippen LogP contribution >= 0.6 is 0 Å². The molecule has 2 atom stereocenters. The van der Waals surface area contributed by atoms with Crippen LogP contribution in [0.2, 0.25) is 0 Å². The number of alkyl carbamates (subject to hydrolysis) is 1. The number of fused-ring (bicyclic) bond motifs is 1. The van der Waals surface area contributed by atoms with Crippen LogP contribution in [-0.2, 0) is 11.2 Å². The van der Waals surface area contributed by atoms with E-state index in [9.17, 15) is 4.79 Å². The maximum Gasteiger partial charge on any atom is 0.407 e. The van der Waals surface area contributed by atoms with Gasteiger partial charge in [0.25, 0.3) is 0 Å². The number of amides is 1. The van der Waals surface area contributed by atoms with Gasteiger partial charge in [-0.1, -0.05) is 30.3 Å². The number of hydrogen-bond donors (Lipinski definition) is 1. The molecule has 5 rings (SSSR count). The zero-order valence-electron chi connectivity index (χ0n) is 19.9. The van der Waals surface area contributed by atoms with E-state index < -0.39 is 5.60 Å². The second kappa shape index (κ2) is 8.90. The Kier molecular flexibility index (Phi) is 5.95. The van der Waals surface area contributed by atoms with Crippen molar-refractivity contribution in [2.45, 2.75) is 57.2 Å². The third-order valence-electron chi connectivity index (χ3n) is 6.89. The summed E-state index contributed by atoms with van der Waals surface area (Å²) in [5, 5.41) is 2.98. The number of nitrogens with one attached hydrogen (secondary N) is 1. The molecule has 2 aromatic carbocycles. The Labute approximate surface area is 196 Å². The molecule has 0 spiro atoms. The minimum Gasteiger partial charge on any atom is -0.492 e. The van der Waals surface area contributed by atoms with Crippen LogP contribution < -0.4 is 15.0 Å². The molecule has 3 aliphatic rings. The third kappa shape index (κ3) is 4.96. The summed E-state index contributed by atoms with van der Waals surface area (Å²) in [5.41, 5.74) is 3.40. The quantitative estimate of drug-likeness (QED) is 0.742. The van der Waals surface area contributed by atoms with E-state index in [0.717, 1.165) is 31.9 Å². The highest BCUT2D eigenvalue weighted by molar-refractivity contribution is 5.69. The van der Waals surface area contributed by atoms with Crippen LogP contribution in [0.4, 0.5) is 10.5 Å². The van der Waals surface area contributed by atoms with Crippen molar-refractivity contribution in [3.05, 3.63) is 59.7 Å². The zero-order valence-corrected chi connectivity index (χ0v) is 19.9. The van der Waals surface area contributed by atoms with Crippen LogP contribution in [0.25, 0.3) is 0 Å². The number of anilines is 1. The summed E-state index contributed by atoms with van der Waals surface area (Å²) in [6.45, 7) is 10.3. The molecule has 2 unspecified atom stereocenters. The lowest BCUT2D eigenvalue weighted by Gasteiger charge is -2.46. The van der Waals surface area contributed by atoms with Gasteiger partial charge in [0, 0.05) is 30.3 Å². The van der Waals surface area contributed by atoms with Gasteiger partial charge in [-0.3, -0.25) is 4.90 Å². The van der Waals surface area contributed by atoms with E-state index in [-0.39, 0.29) is 12.1 Å². The fraction of sp³-hybridized carbons (Fsp3) is 0.519. The van der Waals surface area contributed by atoms with Crippen LogP contribution in [0.1, 0.15) is 44.2 Å². The van der Waals surface area contributed by atoms with Gasteiger partial charge in [0.2, 0.25) is 0 Å². The van der Waals surface area contributed by atoms with Gasteiger partial charge < -0.3 is 19.7 Å². The molecule has 3 aliphatic heterocycles. The number of carbonyl (C=O) groups excluding carboxylic acids is 1. The SMILES string of the molecule is CC(C)(C)OC(=O)NC1CN(c2ccc3c(c2)C(Cc2ccccc2)C(N2CCC2)CO3)C1. The number of nitrogens with zero attached hydrogens (tertiary/aromatic N) is 2. The maximum absolute atomic E-state index is 12.1. The van der Waals surface area contributed by atoms with E-state index in [4.69, 9.17) is 9.47 Å². The van der Waals surface area contributed by atoms with E-state index >= 15 is 0 Å². The first kappa shape index (κ1) is 22.1. The highest BCUT2D eigenvalue weighted by atomic mass is 16.6. The molecule has 176 valence electrons. The van der Waals surface area contributed by atoms with Gasteiger partial charge in [0.15, 0.2) is 0 Å². The van der Waals surface area contributed by atoms with Gasteiger partial charge in [0.1, 0.15) is 18.0 Å². The molecular formula is C27H35N3O3. The Balaban J connectivity index is 1.30. The third-order valence-corrected chi connectivity index (χ3v) is 6.89. The van der Waals surface area contributed by atoms with Gasteiger partial charge in [-0.25, -0.2) is 4.79 Å². The van der Waals surface area contributed by atoms with Crippen molar-refractivity contribution in [1.29, 1.82) is 0 Å². The van der Waals surface area contributed by atoms with Crippen LogP contribution in [0.5, 0.6) is 5.75 Å². The normalized spacial score (nSPS) is 23.1. The number of likely N-dealkylation sites (tertiary alicyclic amines) is 1. The average Bonchev–Trinajstić information content (AvgIpc) is 2.70. The number of carbonyl (C=O) groups is 1. The van der Waals surface area contributed by atoms with Gasteiger partial charge in [-0.15, -0.1) is 0 Å². The molecule has 0 saturated carbocycles. The van der Waals surface area contributed by atoms with E-state index in [0.29, 0.717) is 12.0 Å². The monoisotopic (exact) mass is 449 g/mol. The highest BCUT2D eigenvalue weighted by Gasteiger charge is 2.38. The fourth-order valence-corrected chi connectivity index (χ4v) is 5.05. The Morgan fingerprint density at radius 2 is 1.88 bits per heavy atom. The molecule has 1 N–H and O–H groups in total. The van der Waals surface area contributed by atoms with Gasteiger partial charge in [-0.05, 0) is 70.5 Å². The van der Waals surface area contributed by atoms with Crippen LogP contribution in [0.15, 0.2) is 48.5 Å².